The van der Waals surface area contributed by atoms with Crippen LogP contribution in [0.4, 0.5) is 4.39 Å². The maximum Gasteiger partial charge on any atom is 0.242 e. The Morgan fingerprint density at radius 3 is 2.06 bits per heavy atom. The molecule has 0 radical (unpaired) electrons. The number of thioether (sulfide) groups is 1. The minimum atomic E-state index is -0.624. The zero-order valence-corrected chi connectivity index (χ0v) is 18.9. The number of halogens is 1. The monoisotopic (exact) mass is 450 g/mol. The van der Waals surface area contributed by atoms with E-state index in [1.807, 2.05) is 60.7 Å². The van der Waals surface area contributed by atoms with Crippen molar-refractivity contribution in [2.75, 3.05) is 12.8 Å². The smallest absolute Gasteiger partial charge is 0.242 e. The van der Waals surface area contributed by atoms with Crippen molar-refractivity contribution in [1.29, 1.82) is 0 Å². The van der Waals surface area contributed by atoms with Crippen molar-refractivity contribution in [3.63, 3.8) is 0 Å². The summed E-state index contributed by atoms with van der Waals surface area (Å²) in [4.78, 5) is 27.8. The van der Waals surface area contributed by atoms with E-state index in [-0.39, 0.29) is 23.4 Å². The maximum absolute atomic E-state index is 13.3. The highest BCUT2D eigenvalue weighted by Gasteiger charge is 2.29. The second-order valence-corrected chi connectivity index (χ2v) is 8.43. The number of carbonyl (C=O) groups is 2. The second-order valence-electron chi connectivity index (χ2n) is 7.45. The molecule has 0 heterocycles. The first-order valence-electron chi connectivity index (χ1n) is 10.5. The molecule has 0 aliphatic heterocycles. The predicted octanol–water partition coefficient (Wildman–Crippen LogP) is 4.45. The van der Waals surface area contributed by atoms with Gasteiger partial charge in [0.25, 0.3) is 0 Å². The lowest BCUT2D eigenvalue weighted by Crippen LogP contribution is -2.50. The molecule has 1 atom stereocenters. The molecule has 6 heteroatoms. The summed E-state index contributed by atoms with van der Waals surface area (Å²) in [7, 11) is 1.59. The number of hydrogen-bond acceptors (Lipinski definition) is 3. The van der Waals surface area contributed by atoms with Crippen LogP contribution in [0.25, 0.3) is 0 Å². The van der Waals surface area contributed by atoms with Crippen LogP contribution >= 0.6 is 11.8 Å². The Balaban J connectivity index is 1.77. The van der Waals surface area contributed by atoms with Crippen LogP contribution in [0.5, 0.6) is 0 Å². The number of likely N-dealkylation sites (N-methyl/N-ethyl adjacent to an activating group) is 1. The fourth-order valence-electron chi connectivity index (χ4n) is 3.42. The van der Waals surface area contributed by atoms with Crippen LogP contribution in [0.2, 0.25) is 0 Å². The van der Waals surface area contributed by atoms with Crippen molar-refractivity contribution in [3.05, 3.63) is 107 Å². The first-order chi connectivity index (χ1) is 15.6. The van der Waals surface area contributed by atoms with Gasteiger partial charge in [-0.2, -0.15) is 0 Å². The fourth-order valence-corrected chi connectivity index (χ4v) is 4.29. The molecule has 0 aromatic heterocycles. The van der Waals surface area contributed by atoms with Crippen molar-refractivity contribution in [1.82, 2.24) is 10.2 Å². The molecule has 166 valence electrons. The first-order valence-corrected chi connectivity index (χ1v) is 11.6. The summed E-state index contributed by atoms with van der Waals surface area (Å²) in [5.74, 6) is 0.242. The lowest BCUT2D eigenvalue weighted by atomic mass is 10.0. The first kappa shape index (κ1) is 23.5. The van der Waals surface area contributed by atoms with Gasteiger partial charge in [-0.05, 0) is 28.8 Å². The molecule has 1 N–H and O–H groups in total. The lowest BCUT2D eigenvalue weighted by molar-refractivity contribution is -0.139. The fraction of sp³-hybridized carbons (Fsp3) is 0.231. The summed E-state index contributed by atoms with van der Waals surface area (Å²) in [6.45, 7) is 0.349. The van der Waals surface area contributed by atoms with Crippen molar-refractivity contribution in [3.8, 4) is 0 Å². The molecule has 0 saturated carbocycles. The SMILES string of the molecule is CNC(=O)[C@@H](Cc1ccccc1)N(Cc1ccccc1)C(=O)CSCc1ccc(F)cc1. The van der Waals surface area contributed by atoms with Crippen LogP contribution < -0.4 is 5.32 Å². The number of amides is 2. The van der Waals surface area contributed by atoms with Gasteiger partial charge in [0.2, 0.25) is 11.8 Å². The summed E-state index contributed by atoms with van der Waals surface area (Å²) in [5, 5.41) is 2.72. The summed E-state index contributed by atoms with van der Waals surface area (Å²) >= 11 is 1.46. The number of hydrogen-bond donors (Lipinski definition) is 1. The molecule has 0 unspecified atom stereocenters. The molecule has 32 heavy (non-hydrogen) atoms. The van der Waals surface area contributed by atoms with Gasteiger partial charge in [0.05, 0.1) is 5.75 Å². The molecule has 3 rings (SSSR count). The summed E-state index contributed by atoms with van der Waals surface area (Å²) in [6.07, 6.45) is 0.432. The highest BCUT2D eigenvalue weighted by molar-refractivity contribution is 7.99. The largest absolute Gasteiger partial charge is 0.357 e. The van der Waals surface area contributed by atoms with Crippen LogP contribution in [-0.4, -0.2) is 35.6 Å². The van der Waals surface area contributed by atoms with Crippen molar-refractivity contribution >= 4 is 23.6 Å². The van der Waals surface area contributed by atoms with Gasteiger partial charge < -0.3 is 10.2 Å². The molecule has 0 saturated heterocycles. The Bertz CT molecular complexity index is 997. The van der Waals surface area contributed by atoms with Crippen LogP contribution in [-0.2, 0) is 28.3 Å². The van der Waals surface area contributed by atoms with Gasteiger partial charge in [0.1, 0.15) is 11.9 Å². The average molecular weight is 451 g/mol. The molecule has 0 fully saturated rings. The third-order valence-electron chi connectivity index (χ3n) is 5.12. The molecule has 0 spiro atoms. The molecule has 4 nitrogen and oxygen atoms in total. The van der Waals surface area contributed by atoms with E-state index in [4.69, 9.17) is 0 Å². The molecular weight excluding hydrogens is 423 g/mol. The maximum atomic E-state index is 13.3. The summed E-state index contributed by atoms with van der Waals surface area (Å²) in [5.41, 5.74) is 2.91. The third kappa shape index (κ3) is 6.95. The van der Waals surface area contributed by atoms with E-state index in [2.05, 4.69) is 5.32 Å². The van der Waals surface area contributed by atoms with E-state index in [1.165, 1.54) is 23.9 Å². The third-order valence-corrected chi connectivity index (χ3v) is 6.11. The minimum absolute atomic E-state index is 0.106. The van der Waals surface area contributed by atoms with Gasteiger partial charge in [0, 0.05) is 25.8 Å². The van der Waals surface area contributed by atoms with Crippen LogP contribution in [0.3, 0.4) is 0 Å². The normalized spacial score (nSPS) is 11.6. The van der Waals surface area contributed by atoms with E-state index < -0.39 is 6.04 Å². The molecule has 0 aliphatic carbocycles. The molecule has 2 amide bonds. The van der Waals surface area contributed by atoms with Crippen LogP contribution in [0.1, 0.15) is 16.7 Å². The van der Waals surface area contributed by atoms with E-state index in [0.29, 0.717) is 18.7 Å². The van der Waals surface area contributed by atoms with E-state index in [1.54, 1.807) is 24.1 Å². The Kier molecular flexibility index (Phi) is 8.87. The molecule has 3 aromatic carbocycles. The summed E-state index contributed by atoms with van der Waals surface area (Å²) < 4.78 is 13.1. The van der Waals surface area contributed by atoms with Gasteiger partial charge in [-0.25, -0.2) is 4.39 Å². The van der Waals surface area contributed by atoms with Crippen molar-refractivity contribution in [2.24, 2.45) is 0 Å². The number of nitrogens with one attached hydrogen (secondary N) is 1. The molecular formula is C26H27FN2O2S. The second kappa shape index (κ2) is 12.1. The Labute approximate surface area is 192 Å². The Morgan fingerprint density at radius 1 is 0.875 bits per heavy atom. The van der Waals surface area contributed by atoms with E-state index in [0.717, 1.165) is 16.7 Å². The zero-order chi connectivity index (χ0) is 22.8. The number of rotatable bonds is 10. The minimum Gasteiger partial charge on any atom is -0.357 e. The van der Waals surface area contributed by atoms with Gasteiger partial charge in [-0.3, -0.25) is 9.59 Å². The van der Waals surface area contributed by atoms with Crippen molar-refractivity contribution < 1.29 is 14.0 Å². The topological polar surface area (TPSA) is 49.4 Å². The molecule has 0 bridgehead atoms. The van der Waals surface area contributed by atoms with Gasteiger partial charge in [0.15, 0.2) is 0 Å². The summed E-state index contributed by atoms with van der Waals surface area (Å²) in [6, 6.07) is 25.0. The van der Waals surface area contributed by atoms with Crippen LogP contribution in [0.15, 0.2) is 84.9 Å². The van der Waals surface area contributed by atoms with E-state index >= 15 is 0 Å². The predicted molar refractivity (Wildman–Crippen MR) is 128 cm³/mol. The highest BCUT2D eigenvalue weighted by Crippen LogP contribution is 2.18. The van der Waals surface area contributed by atoms with E-state index in [9.17, 15) is 14.0 Å². The van der Waals surface area contributed by atoms with Crippen LogP contribution in [0, 0.1) is 5.82 Å². The van der Waals surface area contributed by atoms with Gasteiger partial charge in [-0.1, -0.05) is 72.8 Å². The zero-order valence-electron chi connectivity index (χ0n) is 18.0. The highest BCUT2D eigenvalue weighted by atomic mass is 32.2. The van der Waals surface area contributed by atoms with Gasteiger partial charge in [-0.15, -0.1) is 11.8 Å². The van der Waals surface area contributed by atoms with Gasteiger partial charge >= 0.3 is 0 Å². The average Bonchev–Trinajstić information content (AvgIpc) is 2.83. The quantitative estimate of drug-likeness (QED) is 0.497. The Morgan fingerprint density at radius 2 is 1.47 bits per heavy atom. The Hall–Kier alpha value is -3.12. The lowest BCUT2D eigenvalue weighted by Gasteiger charge is -2.31. The van der Waals surface area contributed by atoms with Crippen molar-refractivity contribution in [2.45, 2.75) is 24.8 Å². The number of carbonyl (C=O) groups excluding carboxylic acids is 2. The number of nitrogens with zero attached hydrogens (tertiary/aromatic N) is 1. The molecule has 0 aliphatic rings. The number of benzene rings is 3. The molecule has 3 aromatic rings. The standard InChI is InChI=1S/C26H27FN2O2S/c1-28-26(31)24(16-20-8-4-2-5-9-20)29(17-21-10-6-3-7-11-21)25(30)19-32-18-22-12-14-23(27)15-13-22/h2-15,24H,16-19H2,1H3,(H,28,31)/t24-/m1/s1.